The van der Waals surface area contributed by atoms with Crippen LogP contribution in [0.5, 0.6) is 0 Å². The van der Waals surface area contributed by atoms with E-state index < -0.39 is 0 Å². The number of benzene rings is 2. The first-order valence-electron chi connectivity index (χ1n) is 9.71. The average Bonchev–Trinajstić information content (AvgIpc) is 3.49. The molecule has 7 rings (SSSR count). The predicted molar refractivity (Wildman–Crippen MR) is 131 cm³/mol. The summed E-state index contributed by atoms with van der Waals surface area (Å²) in [5, 5.41) is 0. The van der Waals surface area contributed by atoms with Crippen molar-refractivity contribution in [3.63, 3.8) is 0 Å². The number of thiophene rings is 2. The third kappa shape index (κ3) is 2.71. The van der Waals surface area contributed by atoms with E-state index >= 15 is 0 Å². The van der Waals surface area contributed by atoms with Crippen LogP contribution in [0.4, 0.5) is 0 Å². The quantitative estimate of drug-likeness (QED) is 0.259. The zero-order chi connectivity index (χ0) is 20.4. The predicted octanol–water partition coefficient (Wildman–Crippen LogP) is 6.39. The van der Waals surface area contributed by atoms with E-state index in [0.717, 1.165) is 22.1 Å². The summed E-state index contributed by atoms with van der Waals surface area (Å²) in [7, 11) is 0. The van der Waals surface area contributed by atoms with Gasteiger partial charge in [0.2, 0.25) is 0 Å². The van der Waals surface area contributed by atoms with Gasteiger partial charge < -0.3 is 0 Å². The Morgan fingerprint density at radius 2 is 1.06 bits per heavy atom. The summed E-state index contributed by atoms with van der Waals surface area (Å²) in [4.78, 5) is 20.7. The molecule has 0 atom stereocenters. The molecular weight excluding hydrogens is 487 g/mol. The van der Waals surface area contributed by atoms with Gasteiger partial charge in [-0.2, -0.15) is 0 Å². The minimum atomic E-state index is 0.320. The first-order chi connectivity index (χ1) is 15.3. The van der Waals surface area contributed by atoms with Crippen LogP contribution in [-0.4, -0.2) is 34.4 Å². The molecule has 0 N–H and O–H groups in total. The van der Waals surface area contributed by atoms with Crippen LogP contribution in [0.25, 0.3) is 60.9 Å². The molecule has 7 heteroatoms. The van der Waals surface area contributed by atoms with Gasteiger partial charge in [-0.25, -0.2) is 0 Å². The second-order valence-electron chi connectivity index (χ2n) is 7.17. The van der Waals surface area contributed by atoms with Crippen molar-refractivity contribution >= 4 is 77.2 Å². The van der Waals surface area contributed by atoms with Crippen LogP contribution >= 0.6 is 22.7 Å². The molecule has 0 fully saturated rings. The topological polar surface area (TPSA) is 51.6 Å². The Hall–Kier alpha value is -2.96. The summed E-state index contributed by atoms with van der Waals surface area (Å²) < 4.78 is 5.76. The van der Waals surface area contributed by atoms with E-state index in [1.54, 1.807) is 24.8 Å². The molecule has 0 radical (unpaired) electrons. The number of nitrogens with zero attached hydrogens (tertiary/aromatic N) is 4. The summed E-state index contributed by atoms with van der Waals surface area (Å²) in [6.45, 7) is 0. The molecule has 146 valence electrons. The Kier molecular flexibility index (Phi) is 3.86. The monoisotopic (exact) mass is 500 g/mol. The van der Waals surface area contributed by atoms with E-state index in [0.29, 0.717) is 14.5 Å². The van der Waals surface area contributed by atoms with Crippen LogP contribution in [0.1, 0.15) is 0 Å². The molecule has 7 aromatic rings. The summed E-state index contributed by atoms with van der Waals surface area (Å²) in [6, 6.07) is 17.2. The molecule has 31 heavy (non-hydrogen) atoms. The van der Waals surface area contributed by atoms with Crippen molar-refractivity contribution in [3.8, 4) is 20.9 Å². The Morgan fingerprint density at radius 1 is 0.581 bits per heavy atom. The fourth-order valence-electron chi connectivity index (χ4n) is 3.98. The van der Waals surface area contributed by atoms with Crippen molar-refractivity contribution in [1.29, 1.82) is 0 Å². The molecule has 0 saturated carbocycles. The van der Waals surface area contributed by atoms with Gasteiger partial charge in [-0.3, -0.25) is 0 Å². The molecular formula is C24H12N4S2Se. The number of hydrogen-bond donors (Lipinski definition) is 0. The van der Waals surface area contributed by atoms with Crippen molar-refractivity contribution in [2.75, 3.05) is 0 Å². The first kappa shape index (κ1) is 17.7. The van der Waals surface area contributed by atoms with Gasteiger partial charge in [0.15, 0.2) is 0 Å². The van der Waals surface area contributed by atoms with Crippen LogP contribution in [0, 0.1) is 0 Å². The standard InChI is InChI=1S/C24H12N4S2Se/c1-3-13(21-15(5-1)25-7-9-27-21)17-11-19-23(29-17)24-20(31-19)12-18(30-24)14-4-2-6-16-22(14)28-10-8-26-16/h1-12H. The third-order valence-corrected chi connectivity index (χ3v) is 10.7. The molecule has 5 aromatic heterocycles. The molecule has 0 aliphatic rings. The van der Waals surface area contributed by atoms with Gasteiger partial charge in [0.05, 0.1) is 0 Å². The van der Waals surface area contributed by atoms with E-state index in [-0.39, 0.29) is 0 Å². The van der Waals surface area contributed by atoms with Crippen molar-refractivity contribution in [2.45, 2.75) is 0 Å². The first-order valence-corrected chi connectivity index (χ1v) is 13.1. The zero-order valence-corrected chi connectivity index (χ0v) is 19.3. The molecule has 0 aliphatic carbocycles. The summed E-state index contributed by atoms with van der Waals surface area (Å²) in [5.41, 5.74) is 6.16. The number of aromatic nitrogens is 4. The molecule has 5 heterocycles. The van der Waals surface area contributed by atoms with Crippen LogP contribution < -0.4 is 0 Å². The summed E-state index contributed by atoms with van der Waals surface area (Å²) in [5.74, 6) is 0. The molecule has 0 bridgehead atoms. The number of rotatable bonds is 2. The average molecular weight is 499 g/mol. The Morgan fingerprint density at radius 3 is 1.58 bits per heavy atom. The van der Waals surface area contributed by atoms with Gasteiger partial charge >= 0.3 is 191 Å². The van der Waals surface area contributed by atoms with Crippen LogP contribution in [0.2, 0.25) is 0 Å². The van der Waals surface area contributed by atoms with Crippen LogP contribution in [0.15, 0.2) is 73.3 Å². The van der Waals surface area contributed by atoms with E-state index in [9.17, 15) is 0 Å². The maximum atomic E-state index is 4.60. The van der Waals surface area contributed by atoms with Gasteiger partial charge in [0, 0.05) is 0 Å². The molecule has 4 nitrogen and oxygen atoms in total. The normalized spacial score (nSPS) is 11.9. The molecule has 0 saturated heterocycles. The summed E-state index contributed by atoms with van der Waals surface area (Å²) in [6.07, 6.45) is 7.04. The zero-order valence-electron chi connectivity index (χ0n) is 15.9. The van der Waals surface area contributed by atoms with Crippen LogP contribution in [0.3, 0.4) is 0 Å². The number of para-hydroxylation sites is 2. The molecule has 0 spiro atoms. The number of fused-ring (bicyclic) bond motifs is 5. The van der Waals surface area contributed by atoms with E-state index in [4.69, 9.17) is 0 Å². The third-order valence-electron chi connectivity index (χ3n) is 5.35. The SMILES string of the molecule is c1cc(-c2cc3[se]c4cc(-c5cccc6nccnc56)sc4c3s2)c2nccnc2c1. The molecule has 0 amide bonds. The fourth-order valence-corrected chi connectivity index (χ4v) is 9.94. The van der Waals surface area contributed by atoms with E-state index in [2.05, 4.69) is 56.3 Å². The number of hydrogen-bond acceptors (Lipinski definition) is 6. The van der Waals surface area contributed by atoms with E-state index in [1.807, 2.05) is 34.8 Å². The minimum absolute atomic E-state index is 0.320. The van der Waals surface area contributed by atoms with Gasteiger partial charge in [0.1, 0.15) is 0 Å². The second-order valence-corrected chi connectivity index (χ2v) is 11.5. The van der Waals surface area contributed by atoms with Crippen molar-refractivity contribution in [3.05, 3.63) is 73.3 Å². The fraction of sp³-hybridized carbons (Fsp3) is 0. The Bertz CT molecular complexity index is 1620. The van der Waals surface area contributed by atoms with Crippen molar-refractivity contribution in [2.24, 2.45) is 0 Å². The van der Waals surface area contributed by atoms with Gasteiger partial charge in [-0.1, -0.05) is 0 Å². The van der Waals surface area contributed by atoms with Crippen molar-refractivity contribution in [1.82, 2.24) is 19.9 Å². The molecule has 0 aliphatic heterocycles. The van der Waals surface area contributed by atoms with Crippen molar-refractivity contribution < 1.29 is 0 Å². The Balaban J connectivity index is 1.42. The van der Waals surface area contributed by atoms with Gasteiger partial charge in [-0.15, -0.1) is 0 Å². The van der Waals surface area contributed by atoms with Gasteiger partial charge in [0.25, 0.3) is 0 Å². The summed E-state index contributed by atoms with van der Waals surface area (Å²) >= 11 is 4.07. The van der Waals surface area contributed by atoms with E-state index in [1.165, 1.54) is 38.8 Å². The second kappa shape index (κ2) is 6.77. The molecule has 0 unspecified atom stereocenters. The maximum absolute atomic E-state index is 4.60. The molecule has 2 aromatic carbocycles. The Labute approximate surface area is 190 Å². The van der Waals surface area contributed by atoms with Gasteiger partial charge in [-0.05, 0) is 0 Å². The van der Waals surface area contributed by atoms with Crippen LogP contribution in [-0.2, 0) is 0 Å².